The van der Waals surface area contributed by atoms with Crippen LogP contribution in [0.5, 0.6) is 0 Å². The zero-order valence-corrected chi connectivity index (χ0v) is 17.2. The molecule has 150 valence electrons. The maximum atomic E-state index is 12.9. The van der Waals surface area contributed by atoms with Gasteiger partial charge in [0.25, 0.3) is 5.91 Å². The second-order valence-corrected chi connectivity index (χ2v) is 7.28. The molecule has 0 aliphatic heterocycles. The summed E-state index contributed by atoms with van der Waals surface area (Å²) in [7, 11) is 1.80. The van der Waals surface area contributed by atoms with Crippen LogP contribution in [0.3, 0.4) is 0 Å². The van der Waals surface area contributed by atoms with Gasteiger partial charge in [-0.2, -0.15) is 0 Å². The molecule has 3 aromatic rings. The predicted octanol–water partition coefficient (Wildman–Crippen LogP) is 3.60. The lowest BCUT2D eigenvalue weighted by Gasteiger charge is -2.27. The fourth-order valence-electron chi connectivity index (χ4n) is 3.01. The first-order valence-corrected chi connectivity index (χ1v) is 9.82. The predicted molar refractivity (Wildman–Crippen MR) is 115 cm³/mol. The van der Waals surface area contributed by atoms with Gasteiger partial charge in [-0.1, -0.05) is 30.3 Å². The van der Waals surface area contributed by atoms with Crippen molar-refractivity contribution in [1.82, 2.24) is 19.9 Å². The van der Waals surface area contributed by atoms with E-state index >= 15 is 0 Å². The molecule has 2 aromatic heterocycles. The van der Waals surface area contributed by atoms with E-state index in [2.05, 4.69) is 45.8 Å². The largest absolute Gasteiger partial charge is 0.340 e. The summed E-state index contributed by atoms with van der Waals surface area (Å²) < 4.78 is 0. The number of hydrogen-bond acceptors (Lipinski definition) is 5. The van der Waals surface area contributed by atoms with Crippen molar-refractivity contribution in [2.24, 2.45) is 0 Å². The van der Waals surface area contributed by atoms with Gasteiger partial charge < -0.3 is 9.80 Å². The minimum absolute atomic E-state index is 0.105. The molecule has 6 nitrogen and oxygen atoms in total. The number of hydrogen-bond donors (Lipinski definition) is 0. The summed E-state index contributed by atoms with van der Waals surface area (Å²) in [5, 5.41) is 0. The molecule has 0 bridgehead atoms. The third kappa shape index (κ3) is 5.60. The average molecular weight is 390 g/mol. The number of anilines is 1. The molecule has 0 radical (unpaired) electrons. The van der Waals surface area contributed by atoms with E-state index in [1.54, 1.807) is 36.6 Å². The van der Waals surface area contributed by atoms with Gasteiger partial charge in [-0.25, -0.2) is 9.97 Å². The number of carbonyl (C=O) groups is 1. The van der Waals surface area contributed by atoms with Crippen molar-refractivity contribution in [3.8, 4) is 0 Å². The highest BCUT2D eigenvalue weighted by molar-refractivity contribution is 5.92. The normalized spacial score (nSPS) is 10.8. The Labute approximate surface area is 172 Å². The first-order valence-electron chi connectivity index (χ1n) is 9.82. The van der Waals surface area contributed by atoms with Crippen molar-refractivity contribution in [3.63, 3.8) is 0 Å². The number of likely N-dealkylation sites (N-methyl/N-ethyl adjacent to an activating group) is 1. The highest BCUT2D eigenvalue weighted by Crippen LogP contribution is 2.16. The van der Waals surface area contributed by atoms with Gasteiger partial charge in [0.2, 0.25) is 5.95 Å². The fourth-order valence-corrected chi connectivity index (χ4v) is 3.01. The van der Waals surface area contributed by atoms with E-state index in [0.29, 0.717) is 24.7 Å². The average Bonchev–Trinajstić information content (AvgIpc) is 2.76. The van der Waals surface area contributed by atoms with Crippen molar-refractivity contribution in [2.45, 2.75) is 32.9 Å². The third-order valence-corrected chi connectivity index (χ3v) is 4.77. The first kappa shape index (κ1) is 20.5. The zero-order chi connectivity index (χ0) is 20.6. The quantitative estimate of drug-likeness (QED) is 0.589. The monoisotopic (exact) mass is 389 g/mol. The Morgan fingerprint density at radius 2 is 1.69 bits per heavy atom. The number of amides is 1. The number of benzene rings is 1. The highest BCUT2D eigenvalue weighted by Gasteiger charge is 2.18. The van der Waals surface area contributed by atoms with Gasteiger partial charge >= 0.3 is 0 Å². The van der Waals surface area contributed by atoms with Crippen molar-refractivity contribution in [2.75, 3.05) is 18.5 Å². The SMILES string of the molecule is CC(C)N(Cc1ccccc1)c1nccc(C(=O)N(C)CCc2ccncc2)n1. The Morgan fingerprint density at radius 1 is 0.966 bits per heavy atom. The van der Waals surface area contributed by atoms with E-state index in [0.717, 1.165) is 12.0 Å². The summed E-state index contributed by atoms with van der Waals surface area (Å²) >= 11 is 0. The molecule has 1 aromatic carbocycles. The van der Waals surface area contributed by atoms with Gasteiger partial charge in [0.05, 0.1) is 0 Å². The van der Waals surface area contributed by atoms with Crippen LogP contribution in [0.2, 0.25) is 0 Å². The molecule has 0 unspecified atom stereocenters. The highest BCUT2D eigenvalue weighted by atomic mass is 16.2. The molecule has 0 saturated heterocycles. The maximum absolute atomic E-state index is 12.9. The molecule has 29 heavy (non-hydrogen) atoms. The molecule has 0 fully saturated rings. The number of aromatic nitrogens is 3. The zero-order valence-electron chi connectivity index (χ0n) is 17.2. The molecule has 3 rings (SSSR count). The molecule has 6 heteroatoms. The molecular formula is C23H27N5O. The van der Waals surface area contributed by atoms with Crippen molar-refractivity contribution < 1.29 is 4.79 Å². The first-order chi connectivity index (χ1) is 14.0. The van der Waals surface area contributed by atoms with Crippen LogP contribution in [0.4, 0.5) is 5.95 Å². The Bertz CT molecular complexity index is 915. The number of pyridine rings is 1. The van der Waals surface area contributed by atoms with Crippen LogP contribution in [-0.4, -0.2) is 45.4 Å². The molecule has 0 aliphatic carbocycles. The Kier molecular flexibility index (Phi) is 6.89. The molecule has 2 heterocycles. The summed E-state index contributed by atoms with van der Waals surface area (Å²) in [6.45, 7) is 5.50. The summed E-state index contributed by atoms with van der Waals surface area (Å²) in [4.78, 5) is 29.7. The number of nitrogens with zero attached hydrogens (tertiary/aromatic N) is 5. The van der Waals surface area contributed by atoms with Crippen LogP contribution in [0.1, 0.15) is 35.5 Å². The second kappa shape index (κ2) is 9.78. The summed E-state index contributed by atoms with van der Waals surface area (Å²) in [6, 6.07) is 16.0. The second-order valence-electron chi connectivity index (χ2n) is 7.28. The topological polar surface area (TPSA) is 62.2 Å². The smallest absolute Gasteiger partial charge is 0.272 e. The van der Waals surface area contributed by atoms with Crippen LogP contribution in [-0.2, 0) is 13.0 Å². The molecule has 1 amide bonds. The Morgan fingerprint density at radius 3 is 2.38 bits per heavy atom. The van der Waals surface area contributed by atoms with Crippen LogP contribution in [0.25, 0.3) is 0 Å². The van der Waals surface area contributed by atoms with E-state index < -0.39 is 0 Å². The maximum Gasteiger partial charge on any atom is 0.272 e. The lowest BCUT2D eigenvalue weighted by atomic mass is 10.2. The third-order valence-electron chi connectivity index (χ3n) is 4.77. The summed E-state index contributed by atoms with van der Waals surface area (Å²) in [6.07, 6.45) is 5.96. The minimum atomic E-state index is -0.105. The number of rotatable bonds is 8. The molecule has 0 aliphatic rings. The standard InChI is InChI=1S/C23H27N5O/c1-18(2)28(17-20-7-5-4-6-8-20)23-25-15-11-21(26-23)22(29)27(3)16-12-19-9-13-24-14-10-19/h4-11,13-15,18H,12,16-17H2,1-3H3. The van der Waals surface area contributed by atoms with Crippen LogP contribution in [0, 0.1) is 0 Å². The van der Waals surface area contributed by atoms with Gasteiger partial charge in [0.15, 0.2) is 0 Å². The van der Waals surface area contributed by atoms with Crippen LogP contribution in [0.15, 0.2) is 67.1 Å². The van der Waals surface area contributed by atoms with Gasteiger partial charge in [-0.15, -0.1) is 0 Å². The molecular weight excluding hydrogens is 362 g/mol. The summed E-state index contributed by atoms with van der Waals surface area (Å²) in [5.41, 5.74) is 2.74. The van der Waals surface area contributed by atoms with Gasteiger partial charge in [0.1, 0.15) is 5.69 Å². The van der Waals surface area contributed by atoms with E-state index in [9.17, 15) is 4.79 Å². The lowest BCUT2D eigenvalue weighted by molar-refractivity contribution is 0.0790. The van der Waals surface area contributed by atoms with Crippen molar-refractivity contribution in [3.05, 3.63) is 83.9 Å². The summed E-state index contributed by atoms with van der Waals surface area (Å²) in [5.74, 6) is 0.461. The van der Waals surface area contributed by atoms with Crippen molar-refractivity contribution >= 4 is 11.9 Å². The molecule has 0 spiro atoms. The van der Waals surface area contributed by atoms with E-state index in [1.807, 2.05) is 30.3 Å². The van der Waals surface area contributed by atoms with Gasteiger partial charge in [-0.05, 0) is 49.6 Å². The minimum Gasteiger partial charge on any atom is -0.340 e. The lowest BCUT2D eigenvalue weighted by Crippen LogP contribution is -2.33. The molecule has 0 saturated carbocycles. The van der Waals surface area contributed by atoms with Crippen LogP contribution < -0.4 is 4.90 Å². The molecule has 0 atom stereocenters. The van der Waals surface area contributed by atoms with E-state index in [-0.39, 0.29) is 11.9 Å². The van der Waals surface area contributed by atoms with E-state index in [4.69, 9.17) is 0 Å². The van der Waals surface area contributed by atoms with Crippen molar-refractivity contribution in [1.29, 1.82) is 0 Å². The van der Waals surface area contributed by atoms with E-state index in [1.165, 1.54) is 5.56 Å². The molecule has 0 N–H and O–H groups in total. The Balaban J connectivity index is 1.72. The van der Waals surface area contributed by atoms with Crippen LogP contribution >= 0.6 is 0 Å². The number of carbonyl (C=O) groups excluding carboxylic acids is 1. The Hall–Kier alpha value is -3.28. The van der Waals surface area contributed by atoms with Gasteiger partial charge in [0, 0.05) is 44.8 Å². The van der Waals surface area contributed by atoms with Gasteiger partial charge in [-0.3, -0.25) is 9.78 Å². The fraction of sp³-hybridized carbons (Fsp3) is 0.304.